The molecule has 1 aromatic rings. The van der Waals surface area contributed by atoms with Crippen LogP contribution in [0.3, 0.4) is 0 Å². The normalized spacial score (nSPS) is 15.7. The molecule has 0 aromatic heterocycles. The first-order valence-corrected chi connectivity index (χ1v) is 8.52. The summed E-state index contributed by atoms with van der Waals surface area (Å²) in [4.78, 5) is 6.70. The highest BCUT2D eigenvalue weighted by atomic mass is 16.5. The summed E-state index contributed by atoms with van der Waals surface area (Å²) in [7, 11) is 1.85. The third-order valence-corrected chi connectivity index (χ3v) is 3.92. The second-order valence-corrected chi connectivity index (χ2v) is 6.04. The summed E-state index contributed by atoms with van der Waals surface area (Å²) in [6, 6.07) is 10.6. The monoisotopic (exact) mass is 315 g/mol. The van der Waals surface area contributed by atoms with Crippen molar-refractivity contribution in [2.45, 2.75) is 32.8 Å². The van der Waals surface area contributed by atoms with Crippen LogP contribution in [0.4, 0.5) is 0 Å². The molecule has 1 heterocycles. The Kier molecular flexibility index (Phi) is 7.14. The zero-order valence-corrected chi connectivity index (χ0v) is 14.6. The fraction of sp³-hybridized carbons (Fsp3) is 0.526. The Bertz CT molecular complexity index is 523. The molecule has 0 aliphatic carbocycles. The zero-order valence-electron chi connectivity index (χ0n) is 14.6. The number of rotatable bonds is 6. The van der Waals surface area contributed by atoms with Crippen LogP contribution < -0.4 is 5.32 Å². The average molecular weight is 315 g/mol. The standard InChI is InChI=1S/C19H29N3O/c1-16(2)23-15-7-12-21-19(20-3)22-13-10-18(11-14-22)17-8-5-4-6-9-17/h4-6,8-10,16H,7,11-15H2,1-3H3,(H,20,21). The molecule has 1 aromatic carbocycles. The van der Waals surface area contributed by atoms with Gasteiger partial charge in [0, 0.05) is 33.3 Å². The van der Waals surface area contributed by atoms with Crippen molar-refractivity contribution < 1.29 is 4.74 Å². The molecule has 0 amide bonds. The van der Waals surface area contributed by atoms with Gasteiger partial charge in [0.25, 0.3) is 0 Å². The van der Waals surface area contributed by atoms with Crippen LogP contribution in [0.5, 0.6) is 0 Å². The number of benzene rings is 1. The minimum atomic E-state index is 0.304. The number of hydrogen-bond acceptors (Lipinski definition) is 2. The second-order valence-electron chi connectivity index (χ2n) is 6.04. The maximum Gasteiger partial charge on any atom is 0.193 e. The van der Waals surface area contributed by atoms with Gasteiger partial charge in [-0.15, -0.1) is 0 Å². The Morgan fingerprint density at radius 1 is 1.30 bits per heavy atom. The van der Waals surface area contributed by atoms with E-state index in [9.17, 15) is 0 Å². The molecule has 1 aliphatic heterocycles. The van der Waals surface area contributed by atoms with Gasteiger partial charge >= 0.3 is 0 Å². The van der Waals surface area contributed by atoms with Gasteiger partial charge in [0.15, 0.2) is 5.96 Å². The van der Waals surface area contributed by atoms with Gasteiger partial charge in [-0.3, -0.25) is 4.99 Å². The van der Waals surface area contributed by atoms with Crippen LogP contribution in [0.15, 0.2) is 41.4 Å². The third-order valence-electron chi connectivity index (χ3n) is 3.92. The maximum atomic E-state index is 5.56. The fourth-order valence-electron chi connectivity index (χ4n) is 2.70. The lowest BCUT2D eigenvalue weighted by Gasteiger charge is -2.29. The molecule has 126 valence electrons. The molecule has 4 nitrogen and oxygen atoms in total. The van der Waals surface area contributed by atoms with E-state index >= 15 is 0 Å². The van der Waals surface area contributed by atoms with E-state index in [1.807, 2.05) is 7.05 Å². The summed E-state index contributed by atoms with van der Waals surface area (Å²) in [5.41, 5.74) is 2.77. The minimum absolute atomic E-state index is 0.304. The molecule has 0 fully saturated rings. The van der Waals surface area contributed by atoms with E-state index in [2.05, 4.69) is 65.5 Å². The van der Waals surface area contributed by atoms with Gasteiger partial charge in [0.2, 0.25) is 0 Å². The van der Waals surface area contributed by atoms with E-state index in [-0.39, 0.29) is 0 Å². The van der Waals surface area contributed by atoms with Crippen LogP contribution in [0.1, 0.15) is 32.3 Å². The lowest BCUT2D eigenvalue weighted by Crippen LogP contribution is -2.43. The molecule has 23 heavy (non-hydrogen) atoms. The molecule has 0 radical (unpaired) electrons. The van der Waals surface area contributed by atoms with Gasteiger partial charge in [0.1, 0.15) is 0 Å². The van der Waals surface area contributed by atoms with Gasteiger partial charge in [-0.1, -0.05) is 36.4 Å². The molecule has 1 N–H and O–H groups in total. The summed E-state index contributed by atoms with van der Waals surface area (Å²) in [5, 5.41) is 3.43. The van der Waals surface area contributed by atoms with Crippen LogP contribution >= 0.6 is 0 Å². The van der Waals surface area contributed by atoms with E-state index in [0.717, 1.165) is 45.0 Å². The largest absolute Gasteiger partial charge is 0.379 e. The molecule has 0 saturated carbocycles. The van der Waals surface area contributed by atoms with Crippen LogP contribution in [-0.2, 0) is 4.74 Å². The number of guanidine groups is 1. The van der Waals surface area contributed by atoms with Crippen molar-refractivity contribution in [3.8, 4) is 0 Å². The van der Waals surface area contributed by atoms with Crippen molar-refractivity contribution in [2.75, 3.05) is 33.3 Å². The Hall–Kier alpha value is -1.81. The quantitative estimate of drug-likeness (QED) is 0.498. The van der Waals surface area contributed by atoms with Crippen molar-refractivity contribution in [1.29, 1.82) is 0 Å². The number of ether oxygens (including phenoxy) is 1. The van der Waals surface area contributed by atoms with Crippen molar-refractivity contribution in [3.63, 3.8) is 0 Å². The predicted molar refractivity (Wildman–Crippen MR) is 97.7 cm³/mol. The van der Waals surface area contributed by atoms with Crippen LogP contribution in [-0.4, -0.2) is 50.3 Å². The first-order valence-electron chi connectivity index (χ1n) is 8.52. The highest BCUT2D eigenvalue weighted by molar-refractivity contribution is 5.81. The number of nitrogens with one attached hydrogen (secondary N) is 1. The molecule has 0 atom stereocenters. The van der Waals surface area contributed by atoms with Gasteiger partial charge in [0.05, 0.1) is 6.10 Å². The number of aliphatic imine (C=N–C) groups is 1. The molecule has 2 rings (SSSR count). The number of hydrogen-bond donors (Lipinski definition) is 1. The maximum absolute atomic E-state index is 5.56. The van der Waals surface area contributed by atoms with Crippen LogP contribution in [0, 0.1) is 0 Å². The molecule has 4 heteroatoms. The lowest BCUT2D eigenvalue weighted by molar-refractivity contribution is 0.0776. The van der Waals surface area contributed by atoms with Crippen LogP contribution in [0.25, 0.3) is 5.57 Å². The van der Waals surface area contributed by atoms with Gasteiger partial charge < -0.3 is 15.0 Å². The Morgan fingerprint density at radius 2 is 2.09 bits per heavy atom. The summed E-state index contributed by atoms with van der Waals surface area (Å²) < 4.78 is 5.56. The van der Waals surface area contributed by atoms with Crippen molar-refractivity contribution in [3.05, 3.63) is 42.0 Å². The van der Waals surface area contributed by atoms with Crippen molar-refractivity contribution >= 4 is 11.5 Å². The molecule has 0 spiro atoms. The van der Waals surface area contributed by atoms with Gasteiger partial charge in [-0.2, -0.15) is 0 Å². The molecule has 0 unspecified atom stereocenters. The summed E-state index contributed by atoms with van der Waals surface area (Å²) in [5.74, 6) is 0.984. The number of nitrogens with zero attached hydrogens (tertiary/aromatic N) is 2. The molecular weight excluding hydrogens is 286 g/mol. The molecule has 0 saturated heterocycles. The second kappa shape index (κ2) is 9.36. The van der Waals surface area contributed by atoms with Gasteiger partial charge in [-0.05, 0) is 37.8 Å². The van der Waals surface area contributed by atoms with Gasteiger partial charge in [-0.25, -0.2) is 0 Å². The highest BCUT2D eigenvalue weighted by Crippen LogP contribution is 2.21. The molecule has 0 bridgehead atoms. The van der Waals surface area contributed by atoms with E-state index in [1.54, 1.807) is 0 Å². The summed E-state index contributed by atoms with van der Waals surface area (Å²) in [6.07, 6.45) is 4.67. The first kappa shape index (κ1) is 17.5. The summed E-state index contributed by atoms with van der Waals surface area (Å²) >= 11 is 0. The van der Waals surface area contributed by atoms with E-state index in [0.29, 0.717) is 6.10 Å². The molecular formula is C19H29N3O. The van der Waals surface area contributed by atoms with E-state index in [4.69, 9.17) is 4.74 Å². The van der Waals surface area contributed by atoms with Crippen LogP contribution in [0.2, 0.25) is 0 Å². The van der Waals surface area contributed by atoms with E-state index < -0.39 is 0 Å². The Balaban J connectivity index is 1.79. The zero-order chi connectivity index (χ0) is 16.5. The fourth-order valence-corrected chi connectivity index (χ4v) is 2.70. The van der Waals surface area contributed by atoms with Crippen molar-refractivity contribution in [1.82, 2.24) is 10.2 Å². The first-order chi connectivity index (χ1) is 11.2. The highest BCUT2D eigenvalue weighted by Gasteiger charge is 2.15. The van der Waals surface area contributed by atoms with Crippen molar-refractivity contribution in [2.24, 2.45) is 4.99 Å². The third kappa shape index (κ3) is 5.71. The SMILES string of the molecule is CN=C(NCCCOC(C)C)N1CC=C(c2ccccc2)CC1. The summed E-state index contributed by atoms with van der Waals surface area (Å²) in [6.45, 7) is 7.73. The average Bonchev–Trinajstić information content (AvgIpc) is 2.59. The topological polar surface area (TPSA) is 36.9 Å². The van der Waals surface area contributed by atoms with E-state index in [1.165, 1.54) is 11.1 Å². The predicted octanol–water partition coefficient (Wildman–Crippen LogP) is 3.17. The Morgan fingerprint density at radius 3 is 2.70 bits per heavy atom. The smallest absolute Gasteiger partial charge is 0.193 e. The lowest BCUT2D eigenvalue weighted by atomic mass is 10.00. The molecule has 1 aliphatic rings. The minimum Gasteiger partial charge on any atom is -0.379 e. The Labute approximate surface area is 140 Å².